The molecule has 0 atom stereocenters. The number of carbonyl (C=O) groups is 1. The molecule has 4 nitrogen and oxygen atoms in total. The summed E-state index contributed by atoms with van der Waals surface area (Å²) in [5, 5.41) is 0.420. The molecular formula is C10H8ClN3O. The summed E-state index contributed by atoms with van der Waals surface area (Å²) in [7, 11) is 0. The van der Waals surface area contributed by atoms with Gasteiger partial charge in [0.15, 0.2) is 5.78 Å². The molecular weight excluding hydrogens is 214 g/mol. The molecule has 0 spiro atoms. The number of anilines is 1. The van der Waals surface area contributed by atoms with Crippen LogP contribution in [0.3, 0.4) is 0 Å². The van der Waals surface area contributed by atoms with Crippen molar-refractivity contribution in [2.24, 2.45) is 4.99 Å². The third-order valence-electron chi connectivity index (χ3n) is 1.95. The van der Waals surface area contributed by atoms with Gasteiger partial charge in [0.05, 0.1) is 19.0 Å². The molecule has 0 fully saturated rings. The van der Waals surface area contributed by atoms with Crippen LogP contribution in [0.15, 0.2) is 40.9 Å². The Morgan fingerprint density at radius 3 is 2.80 bits per heavy atom. The first-order valence-electron chi connectivity index (χ1n) is 4.36. The number of rotatable bonds is 1. The minimum absolute atomic E-state index is 0.0845. The highest BCUT2D eigenvalue weighted by Gasteiger charge is 2.15. The Morgan fingerprint density at radius 2 is 2.07 bits per heavy atom. The summed E-state index contributed by atoms with van der Waals surface area (Å²) < 4.78 is 0. The van der Waals surface area contributed by atoms with Crippen molar-refractivity contribution in [1.29, 1.82) is 0 Å². The Morgan fingerprint density at radius 1 is 1.33 bits per heavy atom. The molecule has 0 bridgehead atoms. The molecule has 1 aliphatic rings. The lowest BCUT2D eigenvalue weighted by atomic mass is 10.3. The Kier molecular flexibility index (Phi) is 2.78. The zero-order chi connectivity index (χ0) is 10.7. The second-order valence-corrected chi connectivity index (χ2v) is 3.38. The zero-order valence-electron chi connectivity index (χ0n) is 7.80. The van der Waals surface area contributed by atoms with Crippen LogP contribution in [0.25, 0.3) is 0 Å². The summed E-state index contributed by atoms with van der Waals surface area (Å²) >= 11 is 5.99. The fourth-order valence-corrected chi connectivity index (χ4v) is 1.48. The number of Topliss-reactive ketones (excluding diaryl/α,β-unsaturated/α-hetero) is 1. The standard InChI is InChI=1S/C10H8ClN3O/c11-10-6-13-5-9(15)7-14(10)8-1-3-12-4-2-8/h1-6H,7H2. The molecule has 0 saturated heterocycles. The first-order chi connectivity index (χ1) is 7.27. The topological polar surface area (TPSA) is 45.6 Å². The maximum Gasteiger partial charge on any atom is 0.193 e. The number of ketones is 1. The summed E-state index contributed by atoms with van der Waals surface area (Å²) in [6, 6.07) is 3.57. The lowest BCUT2D eigenvalue weighted by molar-refractivity contribution is -0.111. The molecule has 5 heteroatoms. The van der Waals surface area contributed by atoms with Crippen molar-refractivity contribution in [3.05, 3.63) is 35.9 Å². The first-order valence-corrected chi connectivity index (χ1v) is 4.74. The Hall–Kier alpha value is -1.68. The van der Waals surface area contributed by atoms with Crippen molar-refractivity contribution >= 4 is 29.3 Å². The summed E-state index contributed by atoms with van der Waals surface area (Å²) in [6.07, 6.45) is 6.02. The SMILES string of the molecule is O=C1C=NC=C(Cl)N(c2ccncc2)C1. The number of aliphatic imine (C=N–C) groups is 1. The van der Waals surface area contributed by atoms with E-state index < -0.39 is 0 Å². The van der Waals surface area contributed by atoms with Crippen molar-refractivity contribution in [1.82, 2.24) is 4.98 Å². The van der Waals surface area contributed by atoms with Gasteiger partial charge in [-0.25, -0.2) is 0 Å². The normalized spacial score (nSPS) is 16.2. The van der Waals surface area contributed by atoms with Crippen LogP contribution in [0.1, 0.15) is 0 Å². The van der Waals surface area contributed by atoms with Crippen molar-refractivity contribution in [3.63, 3.8) is 0 Å². The fraction of sp³-hybridized carbons (Fsp3) is 0.100. The number of carbonyl (C=O) groups excluding carboxylic acids is 1. The molecule has 76 valence electrons. The Balaban J connectivity index is 2.33. The predicted molar refractivity (Wildman–Crippen MR) is 59.0 cm³/mol. The molecule has 1 aliphatic heterocycles. The van der Waals surface area contributed by atoms with Crippen molar-refractivity contribution in [3.8, 4) is 0 Å². The van der Waals surface area contributed by atoms with Crippen LogP contribution in [-0.2, 0) is 4.79 Å². The van der Waals surface area contributed by atoms with E-state index in [1.165, 1.54) is 12.4 Å². The smallest absolute Gasteiger partial charge is 0.193 e. The van der Waals surface area contributed by atoms with Crippen LogP contribution in [0, 0.1) is 0 Å². The van der Waals surface area contributed by atoms with Gasteiger partial charge in [0, 0.05) is 18.1 Å². The van der Waals surface area contributed by atoms with E-state index in [1.54, 1.807) is 29.4 Å². The van der Waals surface area contributed by atoms with Gasteiger partial charge < -0.3 is 4.90 Å². The number of pyridine rings is 1. The molecule has 0 saturated carbocycles. The number of hydrogen-bond donors (Lipinski definition) is 0. The molecule has 0 aliphatic carbocycles. The summed E-state index contributed by atoms with van der Waals surface area (Å²) in [4.78, 5) is 20.7. The van der Waals surface area contributed by atoms with Crippen LogP contribution < -0.4 is 4.90 Å². The third kappa shape index (κ3) is 2.22. The van der Waals surface area contributed by atoms with Gasteiger partial charge in [-0.1, -0.05) is 11.6 Å². The zero-order valence-corrected chi connectivity index (χ0v) is 8.55. The third-order valence-corrected chi connectivity index (χ3v) is 2.25. The summed E-state index contributed by atoms with van der Waals surface area (Å²) in [6.45, 7) is 0.197. The molecule has 0 aromatic carbocycles. The van der Waals surface area contributed by atoms with Gasteiger partial charge >= 0.3 is 0 Å². The van der Waals surface area contributed by atoms with E-state index in [2.05, 4.69) is 9.98 Å². The van der Waals surface area contributed by atoms with Crippen LogP contribution in [-0.4, -0.2) is 23.5 Å². The maximum absolute atomic E-state index is 11.3. The van der Waals surface area contributed by atoms with E-state index in [-0.39, 0.29) is 12.3 Å². The lowest BCUT2D eigenvalue weighted by Gasteiger charge is -2.20. The van der Waals surface area contributed by atoms with Crippen LogP contribution in [0.2, 0.25) is 0 Å². The molecule has 0 amide bonds. The van der Waals surface area contributed by atoms with E-state index in [0.29, 0.717) is 5.16 Å². The van der Waals surface area contributed by atoms with Gasteiger partial charge in [-0.2, -0.15) is 0 Å². The molecule has 0 unspecified atom stereocenters. The first kappa shape index (κ1) is 9.86. The minimum Gasteiger partial charge on any atom is -0.323 e. The molecule has 0 radical (unpaired) electrons. The number of aromatic nitrogens is 1. The highest BCUT2D eigenvalue weighted by Crippen LogP contribution is 2.21. The minimum atomic E-state index is -0.0845. The van der Waals surface area contributed by atoms with Gasteiger partial charge in [0.1, 0.15) is 5.16 Å². The molecule has 0 N–H and O–H groups in total. The monoisotopic (exact) mass is 221 g/mol. The quantitative estimate of drug-likeness (QED) is 0.677. The van der Waals surface area contributed by atoms with Crippen molar-refractivity contribution in [2.75, 3.05) is 11.4 Å². The van der Waals surface area contributed by atoms with E-state index in [1.807, 2.05) is 0 Å². The van der Waals surface area contributed by atoms with Gasteiger partial charge in [-0.3, -0.25) is 14.8 Å². The summed E-state index contributed by atoms with van der Waals surface area (Å²) in [5.41, 5.74) is 0.824. The van der Waals surface area contributed by atoms with Gasteiger partial charge in [-0.05, 0) is 12.1 Å². The largest absolute Gasteiger partial charge is 0.323 e. The second kappa shape index (κ2) is 4.23. The van der Waals surface area contributed by atoms with Gasteiger partial charge in [0.25, 0.3) is 0 Å². The number of halogens is 1. The second-order valence-electron chi connectivity index (χ2n) is 2.99. The average Bonchev–Trinajstić information content (AvgIpc) is 2.42. The van der Waals surface area contributed by atoms with E-state index >= 15 is 0 Å². The van der Waals surface area contributed by atoms with Crippen LogP contribution in [0.4, 0.5) is 5.69 Å². The maximum atomic E-state index is 11.3. The fourth-order valence-electron chi connectivity index (χ4n) is 1.26. The van der Waals surface area contributed by atoms with E-state index in [9.17, 15) is 4.79 Å². The summed E-state index contributed by atoms with van der Waals surface area (Å²) in [5.74, 6) is -0.0845. The van der Waals surface area contributed by atoms with Gasteiger partial charge in [0.2, 0.25) is 0 Å². The molecule has 2 heterocycles. The van der Waals surface area contributed by atoms with Crippen molar-refractivity contribution in [2.45, 2.75) is 0 Å². The highest BCUT2D eigenvalue weighted by atomic mass is 35.5. The predicted octanol–water partition coefficient (Wildman–Crippen LogP) is 1.58. The van der Waals surface area contributed by atoms with Crippen molar-refractivity contribution < 1.29 is 4.79 Å². The molecule has 15 heavy (non-hydrogen) atoms. The Labute approximate surface area is 91.9 Å². The van der Waals surface area contributed by atoms with E-state index in [4.69, 9.17) is 11.6 Å². The van der Waals surface area contributed by atoms with E-state index in [0.717, 1.165) is 5.69 Å². The molecule has 1 aromatic rings. The average molecular weight is 222 g/mol. The number of nitrogens with zero attached hydrogens (tertiary/aromatic N) is 3. The highest BCUT2D eigenvalue weighted by molar-refractivity contribution is 6.34. The van der Waals surface area contributed by atoms with Crippen LogP contribution >= 0.6 is 11.6 Å². The van der Waals surface area contributed by atoms with Gasteiger partial charge in [-0.15, -0.1) is 0 Å². The molecule has 2 rings (SSSR count). The lowest BCUT2D eigenvalue weighted by Crippen LogP contribution is -2.26. The van der Waals surface area contributed by atoms with Crippen LogP contribution in [0.5, 0.6) is 0 Å². The number of hydrogen-bond acceptors (Lipinski definition) is 4. The Bertz CT molecular complexity index is 428. The molecule has 1 aromatic heterocycles.